The van der Waals surface area contributed by atoms with E-state index in [2.05, 4.69) is 15.3 Å². The molecule has 4 rings (SSSR count). The molecule has 0 aliphatic rings. The molecule has 0 radical (unpaired) electrons. The SMILES string of the molecule is CCc1nnc2sc(-c3ccc(OCc4ccc(Cl)cc4)cc3)nn12. The predicted molar refractivity (Wildman–Crippen MR) is 99.3 cm³/mol. The molecule has 0 unspecified atom stereocenters. The van der Waals surface area contributed by atoms with Crippen molar-refractivity contribution in [2.45, 2.75) is 20.0 Å². The van der Waals surface area contributed by atoms with Gasteiger partial charge in [0.25, 0.3) is 0 Å². The summed E-state index contributed by atoms with van der Waals surface area (Å²) in [5.74, 6) is 1.69. The number of fused-ring (bicyclic) bond motifs is 1. The average molecular weight is 371 g/mol. The van der Waals surface area contributed by atoms with Gasteiger partial charge in [-0.2, -0.15) is 9.61 Å². The largest absolute Gasteiger partial charge is 0.489 e. The number of benzene rings is 2. The fourth-order valence-electron chi connectivity index (χ4n) is 2.44. The van der Waals surface area contributed by atoms with Gasteiger partial charge in [0.1, 0.15) is 17.4 Å². The van der Waals surface area contributed by atoms with E-state index < -0.39 is 0 Å². The van der Waals surface area contributed by atoms with Crippen LogP contribution in [0, 0.1) is 0 Å². The van der Waals surface area contributed by atoms with E-state index in [0.29, 0.717) is 6.61 Å². The van der Waals surface area contributed by atoms with Crippen LogP contribution in [0.3, 0.4) is 0 Å². The molecule has 25 heavy (non-hydrogen) atoms. The summed E-state index contributed by atoms with van der Waals surface area (Å²) in [5.41, 5.74) is 2.12. The van der Waals surface area contributed by atoms with E-state index in [1.165, 1.54) is 11.3 Å². The predicted octanol–water partition coefficient (Wildman–Crippen LogP) is 4.65. The minimum atomic E-state index is 0.507. The van der Waals surface area contributed by atoms with Gasteiger partial charge >= 0.3 is 0 Å². The van der Waals surface area contributed by atoms with Crippen LogP contribution in [-0.2, 0) is 13.0 Å². The zero-order valence-electron chi connectivity index (χ0n) is 13.5. The molecule has 2 aromatic heterocycles. The molecule has 0 saturated carbocycles. The van der Waals surface area contributed by atoms with Crippen LogP contribution < -0.4 is 4.74 Å². The van der Waals surface area contributed by atoms with E-state index in [9.17, 15) is 0 Å². The first-order valence-corrected chi connectivity index (χ1v) is 9.11. The lowest BCUT2D eigenvalue weighted by atomic mass is 10.2. The van der Waals surface area contributed by atoms with Crippen molar-refractivity contribution in [3.63, 3.8) is 0 Å². The monoisotopic (exact) mass is 370 g/mol. The van der Waals surface area contributed by atoms with Gasteiger partial charge in [-0.15, -0.1) is 10.2 Å². The van der Waals surface area contributed by atoms with Gasteiger partial charge in [-0.1, -0.05) is 42.0 Å². The Morgan fingerprint density at radius 2 is 1.80 bits per heavy atom. The van der Waals surface area contributed by atoms with Gasteiger partial charge in [0.05, 0.1) is 0 Å². The third-order valence-corrected chi connectivity index (χ3v) is 4.99. The Morgan fingerprint density at radius 3 is 2.52 bits per heavy atom. The molecule has 7 heteroatoms. The lowest BCUT2D eigenvalue weighted by Crippen LogP contribution is -1.95. The first-order chi connectivity index (χ1) is 12.2. The van der Waals surface area contributed by atoms with Gasteiger partial charge in [0.15, 0.2) is 5.82 Å². The summed E-state index contributed by atoms with van der Waals surface area (Å²) in [6.07, 6.45) is 0.807. The van der Waals surface area contributed by atoms with Crippen LogP contribution in [0.4, 0.5) is 0 Å². The molecule has 0 atom stereocenters. The van der Waals surface area contributed by atoms with E-state index in [1.807, 2.05) is 60.0 Å². The highest BCUT2D eigenvalue weighted by Crippen LogP contribution is 2.27. The second kappa shape index (κ2) is 6.82. The van der Waals surface area contributed by atoms with Crippen LogP contribution in [0.1, 0.15) is 18.3 Å². The maximum absolute atomic E-state index is 5.89. The second-order valence-electron chi connectivity index (χ2n) is 5.51. The molecule has 0 bridgehead atoms. The van der Waals surface area contributed by atoms with E-state index in [4.69, 9.17) is 16.3 Å². The molecule has 4 aromatic rings. The van der Waals surface area contributed by atoms with Crippen LogP contribution in [0.2, 0.25) is 5.02 Å². The first-order valence-electron chi connectivity index (χ1n) is 7.92. The Balaban J connectivity index is 1.48. The molecule has 2 aromatic carbocycles. The van der Waals surface area contributed by atoms with Gasteiger partial charge in [0.2, 0.25) is 4.96 Å². The van der Waals surface area contributed by atoms with Crippen molar-refractivity contribution in [1.82, 2.24) is 19.8 Å². The summed E-state index contributed by atoms with van der Waals surface area (Å²) in [6.45, 7) is 2.55. The Labute approximate surface area is 153 Å². The smallest absolute Gasteiger partial charge is 0.234 e. The summed E-state index contributed by atoms with van der Waals surface area (Å²) < 4.78 is 7.63. The van der Waals surface area contributed by atoms with Crippen LogP contribution >= 0.6 is 22.9 Å². The van der Waals surface area contributed by atoms with Crippen molar-refractivity contribution in [2.24, 2.45) is 0 Å². The molecule has 126 valence electrons. The molecular weight excluding hydrogens is 356 g/mol. The summed E-state index contributed by atoms with van der Waals surface area (Å²) in [4.78, 5) is 0.815. The van der Waals surface area contributed by atoms with E-state index in [-0.39, 0.29) is 0 Å². The number of hydrogen-bond acceptors (Lipinski definition) is 5. The van der Waals surface area contributed by atoms with Crippen molar-refractivity contribution in [1.29, 1.82) is 0 Å². The number of aryl methyl sites for hydroxylation is 1. The highest BCUT2D eigenvalue weighted by atomic mass is 35.5. The topological polar surface area (TPSA) is 52.3 Å². The summed E-state index contributed by atoms with van der Waals surface area (Å²) in [6, 6.07) is 15.6. The Kier molecular flexibility index (Phi) is 4.38. The van der Waals surface area contributed by atoms with Crippen molar-refractivity contribution in [2.75, 3.05) is 0 Å². The third kappa shape index (κ3) is 3.36. The number of halogens is 1. The van der Waals surface area contributed by atoms with E-state index in [1.54, 1.807) is 0 Å². The van der Waals surface area contributed by atoms with Crippen molar-refractivity contribution in [3.05, 3.63) is 64.9 Å². The molecule has 0 amide bonds. The molecule has 0 N–H and O–H groups in total. The zero-order valence-corrected chi connectivity index (χ0v) is 15.1. The maximum atomic E-state index is 5.89. The lowest BCUT2D eigenvalue weighted by Gasteiger charge is -2.07. The lowest BCUT2D eigenvalue weighted by molar-refractivity contribution is 0.306. The fraction of sp³-hybridized carbons (Fsp3) is 0.167. The Morgan fingerprint density at radius 1 is 1.04 bits per heavy atom. The first kappa shape index (κ1) is 16.1. The van der Waals surface area contributed by atoms with Gasteiger partial charge in [-0.25, -0.2) is 0 Å². The number of hydrogen-bond donors (Lipinski definition) is 0. The zero-order chi connectivity index (χ0) is 17.2. The van der Waals surface area contributed by atoms with Crippen LogP contribution in [-0.4, -0.2) is 19.8 Å². The number of ether oxygens (including phenoxy) is 1. The summed E-state index contributed by atoms with van der Waals surface area (Å²) in [5, 5.41) is 14.5. The minimum absolute atomic E-state index is 0.507. The molecule has 0 spiro atoms. The number of rotatable bonds is 5. The highest BCUT2D eigenvalue weighted by molar-refractivity contribution is 7.19. The number of aromatic nitrogens is 4. The fourth-order valence-corrected chi connectivity index (χ4v) is 3.43. The molecule has 0 aliphatic carbocycles. The van der Waals surface area contributed by atoms with Crippen LogP contribution in [0.5, 0.6) is 5.75 Å². The molecule has 0 fully saturated rings. The standard InChI is InChI=1S/C18H15ClN4OS/c1-2-16-20-21-18-23(16)22-17(25-18)13-5-9-15(10-6-13)24-11-12-3-7-14(19)8-4-12/h3-10H,2,11H2,1H3. The number of nitrogens with zero attached hydrogens (tertiary/aromatic N) is 4. The minimum Gasteiger partial charge on any atom is -0.489 e. The Bertz CT molecular complexity index is 992. The van der Waals surface area contributed by atoms with Crippen LogP contribution in [0.15, 0.2) is 48.5 Å². The normalized spacial score (nSPS) is 11.1. The third-order valence-electron chi connectivity index (χ3n) is 3.79. The molecule has 2 heterocycles. The van der Waals surface area contributed by atoms with Crippen molar-refractivity contribution in [3.8, 4) is 16.3 Å². The molecule has 5 nitrogen and oxygen atoms in total. The molecule has 0 aliphatic heterocycles. The van der Waals surface area contributed by atoms with Gasteiger partial charge in [-0.05, 0) is 42.0 Å². The van der Waals surface area contributed by atoms with Gasteiger partial charge in [0, 0.05) is 17.0 Å². The summed E-state index contributed by atoms with van der Waals surface area (Å²) in [7, 11) is 0. The Hall–Kier alpha value is -2.44. The second-order valence-corrected chi connectivity index (χ2v) is 6.90. The van der Waals surface area contributed by atoms with Crippen LogP contribution in [0.25, 0.3) is 15.5 Å². The van der Waals surface area contributed by atoms with Crippen molar-refractivity contribution < 1.29 is 4.74 Å². The average Bonchev–Trinajstić information content (AvgIpc) is 3.22. The van der Waals surface area contributed by atoms with E-state index >= 15 is 0 Å². The van der Waals surface area contributed by atoms with Crippen molar-refractivity contribution >= 4 is 27.9 Å². The summed E-state index contributed by atoms with van der Waals surface area (Å²) >= 11 is 7.42. The van der Waals surface area contributed by atoms with Gasteiger partial charge in [-0.3, -0.25) is 0 Å². The quantitative estimate of drug-likeness (QED) is 0.513. The maximum Gasteiger partial charge on any atom is 0.234 e. The van der Waals surface area contributed by atoms with E-state index in [0.717, 1.165) is 44.1 Å². The highest BCUT2D eigenvalue weighted by Gasteiger charge is 2.11. The van der Waals surface area contributed by atoms with Gasteiger partial charge < -0.3 is 4.74 Å². The molecular formula is C18H15ClN4OS. The molecule has 0 saturated heterocycles.